The van der Waals surface area contributed by atoms with Crippen molar-refractivity contribution in [3.8, 4) is 6.07 Å². The van der Waals surface area contributed by atoms with Crippen LogP contribution < -0.4 is 10.6 Å². The molecule has 0 aliphatic rings. The van der Waals surface area contributed by atoms with E-state index in [1.54, 1.807) is 6.20 Å². The van der Waals surface area contributed by atoms with Crippen LogP contribution in [0.25, 0.3) is 5.57 Å². The zero-order valence-electron chi connectivity index (χ0n) is 10.7. The van der Waals surface area contributed by atoms with Crippen LogP contribution in [0, 0.1) is 11.3 Å². The van der Waals surface area contributed by atoms with E-state index in [2.05, 4.69) is 23.3 Å². The summed E-state index contributed by atoms with van der Waals surface area (Å²) in [7, 11) is 1.85. The standard InChI is InChI=1S/C15H17N3/c1-4-6-13(11-18-5-2)15-9-14(17-3)8-7-12(15)10-16/h4-9,11,17-18H,2H2,1,3H3/b6-4-,13-11+. The highest BCUT2D eigenvalue weighted by molar-refractivity contribution is 5.79. The number of allylic oxidation sites excluding steroid dienone is 3. The van der Waals surface area contributed by atoms with Gasteiger partial charge in [-0.2, -0.15) is 5.26 Å². The first kappa shape index (κ1) is 13.6. The van der Waals surface area contributed by atoms with E-state index in [9.17, 15) is 0 Å². The Kier molecular flexibility index (Phi) is 5.27. The molecule has 2 N–H and O–H groups in total. The lowest BCUT2D eigenvalue weighted by molar-refractivity contribution is 1.21. The van der Waals surface area contributed by atoms with Gasteiger partial charge in [0.2, 0.25) is 0 Å². The summed E-state index contributed by atoms with van der Waals surface area (Å²) in [5.41, 5.74) is 3.44. The summed E-state index contributed by atoms with van der Waals surface area (Å²) in [6.45, 7) is 5.55. The van der Waals surface area contributed by atoms with Gasteiger partial charge in [-0.3, -0.25) is 0 Å². The van der Waals surface area contributed by atoms with Crippen molar-refractivity contribution in [3.63, 3.8) is 0 Å². The van der Waals surface area contributed by atoms with Crippen LogP contribution in [0.5, 0.6) is 0 Å². The minimum atomic E-state index is 0.643. The van der Waals surface area contributed by atoms with Crippen LogP contribution in [0.3, 0.4) is 0 Å². The van der Waals surface area contributed by atoms with E-state index in [-0.39, 0.29) is 0 Å². The van der Waals surface area contributed by atoms with Gasteiger partial charge in [0.1, 0.15) is 0 Å². The van der Waals surface area contributed by atoms with Crippen molar-refractivity contribution in [2.75, 3.05) is 12.4 Å². The molecule has 0 fully saturated rings. The molecule has 0 aliphatic carbocycles. The number of nitriles is 1. The van der Waals surface area contributed by atoms with Crippen LogP contribution in [-0.2, 0) is 0 Å². The molecule has 0 atom stereocenters. The minimum absolute atomic E-state index is 0.643. The molecule has 0 saturated heterocycles. The first-order valence-electron chi connectivity index (χ1n) is 5.69. The third-order valence-electron chi connectivity index (χ3n) is 2.44. The summed E-state index contributed by atoms with van der Waals surface area (Å²) in [6, 6.07) is 7.86. The lowest BCUT2D eigenvalue weighted by atomic mass is 9.99. The van der Waals surface area contributed by atoms with E-state index in [1.807, 2.05) is 50.5 Å². The fourth-order valence-corrected chi connectivity index (χ4v) is 1.58. The molecule has 0 unspecified atom stereocenters. The molecule has 18 heavy (non-hydrogen) atoms. The van der Waals surface area contributed by atoms with Crippen molar-refractivity contribution in [2.45, 2.75) is 6.92 Å². The van der Waals surface area contributed by atoms with E-state index in [0.717, 1.165) is 16.8 Å². The Morgan fingerprint density at radius 2 is 2.22 bits per heavy atom. The van der Waals surface area contributed by atoms with Crippen molar-refractivity contribution in [1.29, 1.82) is 5.26 Å². The minimum Gasteiger partial charge on any atom is -0.388 e. The summed E-state index contributed by atoms with van der Waals surface area (Å²) in [5, 5.41) is 15.2. The smallest absolute Gasteiger partial charge is 0.0998 e. The molecule has 0 saturated carbocycles. The number of hydrogen-bond acceptors (Lipinski definition) is 3. The Morgan fingerprint density at radius 1 is 1.44 bits per heavy atom. The van der Waals surface area contributed by atoms with Crippen molar-refractivity contribution in [2.24, 2.45) is 0 Å². The summed E-state index contributed by atoms with van der Waals surface area (Å²) >= 11 is 0. The maximum absolute atomic E-state index is 9.16. The van der Waals surface area contributed by atoms with Gasteiger partial charge in [-0.15, -0.1) is 0 Å². The van der Waals surface area contributed by atoms with Crippen LogP contribution in [0.15, 0.2) is 49.3 Å². The number of anilines is 1. The molecule has 1 aromatic carbocycles. The third-order valence-corrected chi connectivity index (χ3v) is 2.44. The van der Waals surface area contributed by atoms with E-state index in [0.29, 0.717) is 5.56 Å². The highest BCUT2D eigenvalue weighted by Crippen LogP contribution is 2.23. The van der Waals surface area contributed by atoms with Crippen LogP contribution in [-0.4, -0.2) is 7.05 Å². The van der Waals surface area contributed by atoms with Gasteiger partial charge in [-0.25, -0.2) is 0 Å². The zero-order valence-corrected chi connectivity index (χ0v) is 10.7. The number of nitrogens with zero attached hydrogens (tertiary/aromatic N) is 1. The third kappa shape index (κ3) is 3.26. The quantitative estimate of drug-likeness (QED) is 0.775. The molecule has 0 radical (unpaired) electrons. The SMILES string of the molecule is C=CN/C=C(\C=C/C)c1cc(NC)ccc1C#N. The monoisotopic (exact) mass is 239 g/mol. The van der Waals surface area contributed by atoms with Gasteiger partial charge in [-0.1, -0.05) is 18.7 Å². The molecular weight excluding hydrogens is 222 g/mol. The first-order valence-corrected chi connectivity index (χ1v) is 5.69. The molecule has 3 nitrogen and oxygen atoms in total. The van der Waals surface area contributed by atoms with E-state index in [4.69, 9.17) is 5.26 Å². The number of rotatable bonds is 5. The molecule has 0 bridgehead atoms. The molecular formula is C15H17N3. The van der Waals surface area contributed by atoms with Crippen molar-refractivity contribution < 1.29 is 0 Å². The Hall–Kier alpha value is -2.47. The second-order valence-corrected chi connectivity index (χ2v) is 3.59. The molecule has 3 heteroatoms. The molecule has 0 amide bonds. The van der Waals surface area contributed by atoms with Crippen LogP contribution in [0.4, 0.5) is 5.69 Å². The maximum atomic E-state index is 9.16. The van der Waals surface area contributed by atoms with Crippen LogP contribution in [0.1, 0.15) is 18.1 Å². The largest absolute Gasteiger partial charge is 0.388 e. The Balaban J connectivity index is 3.33. The molecule has 92 valence electrons. The molecule has 1 aromatic rings. The average molecular weight is 239 g/mol. The van der Waals surface area contributed by atoms with E-state index >= 15 is 0 Å². The fraction of sp³-hybridized carbons (Fsp3) is 0.133. The van der Waals surface area contributed by atoms with E-state index < -0.39 is 0 Å². The van der Waals surface area contributed by atoms with Crippen molar-refractivity contribution in [3.05, 3.63) is 60.5 Å². The maximum Gasteiger partial charge on any atom is 0.0998 e. The van der Waals surface area contributed by atoms with Crippen molar-refractivity contribution in [1.82, 2.24) is 5.32 Å². The average Bonchev–Trinajstić information content (AvgIpc) is 2.42. The highest BCUT2D eigenvalue weighted by Gasteiger charge is 2.06. The highest BCUT2D eigenvalue weighted by atomic mass is 14.8. The Labute approximate surface area is 108 Å². The molecule has 0 aliphatic heterocycles. The first-order chi connectivity index (χ1) is 8.76. The van der Waals surface area contributed by atoms with Gasteiger partial charge >= 0.3 is 0 Å². The van der Waals surface area contributed by atoms with Gasteiger partial charge in [0, 0.05) is 24.5 Å². The Bertz CT molecular complexity index is 519. The Morgan fingerprint density at radius 3 is 2.78 bits per heavy atom. The number of benzene rings is 1. The predicted molar refractivity (Wildman–Crippen MR) is 76.8 cm³/mol. The van der Waals surface area contributed by atoms with Gasteiger partial charge in [-0.05, 0) is 36.9 Å². The summed E-state index contributed by atoms with van der Waals surface area (Å²) < 4.78 is 0. The zero-order chi connectivity index (χ0) is 13.4. The normalized spacial score (nSPS) is 11.1. The number of nitrogens with one attached hydrogen (secondary N) is 2. The van der Waals surface area contributed by atoms with Gasteiger partial charge in [0.05, 0.1) is 11.6 Å². The second-order valence-electron chi connectivity index (χ2n) is 3.59. The summed E-state index contributed by atoms with van der Waals surface area (Å²) in [5.74, 6) is 0. The van der Waals surface area contributed by atoms with Crippen LogP contribution in [0.2, 0.25) is 0 Å². The topological polar surface area (TPSA) is 47.8 Å². The second kappa shape index (κ2) is 6.97. The fourth-order valence-electron chi connectivity index (χ4n) is 1.58. The summed E-state index contributed by atoms with van der Waals surface area (Å²) in [6.07, 6.45) is 7.30. The molecule has 0 heterocycles. The molecule has 1 rings (SSSR count). The predicted octanol–water partition coefficient (Wildman–Crippen LogP) is 3.25. The van der Waals surface area contributed by atoms with Gasteiger partial charge < -0.3 is 10.6 Å². The molecule has 0 aromatic heterocycles. The van der Waals surface area contributed by atoms with Gasteiger partial charge in [0.25, 0.3) is 0 Å². The molecule has 0 spiro atoms. The lowest BCUT2D eigenvalue weighted by Crippen LogP contribution is -1.97. The van der Waals surface area contributed by atoms with Gasteiger partial charge in [0.15, 0.2) is 0 Å². The number of hydrogen-bond donors (Lipinski definition) is 2. The lowest BCUT2D eigenvalue weighted by Gasteiger charge is -2.08. The summed E-state index contributed by atoms with van der Waals surface area (Å²) in [4.78, 5) is 0. The van der Waals surface area contributed by atoms with Crippen LogP contribution >= 0.6 is 0 Å². The van der Waals surface area contributed by atoms with Crippen molar-refractivity contribution >= 4 is 11.3 Å². The van der Waals surface area contributed by atoms with E-state index in [1.165, 1.54) is 0 Å².